The molecule has 0 aromatic heterocycles. The highest BCUT2D eigenvalue weighted by atomic mass is 16.5. The number of aldehydes is 1. The van der Waals surface area contributed by atoms with Crippen molar-refractivity contribution >= 4 is 18.5 Å². The minimum atomic E-state index is -0.613. The van der Waals surface area contributed by atoms with Crippen LogP contribution in [0.15, 0.2) is 0 Å². The van der Waals surface area contributed by atoms with Gasteiger partial charge in [-0.3, -0.25) is 14.5 Å². The maximum atomic E-state index is 11.0. The third-order valence-electron chi connectivity index (χ3n) is 2.40. The Hall–Kier alpha value is -1.27. The summed E-state index contributed by atoms with van der Waals surface area (Å²) in [6.45, 7) is 2.69. The topological polar surface area (TPSA) is 75.7 Å². The number of hydrogen-bond donors (Lipinski definition) is 1. The molecule has 1 rings (SSSR count). The first-order chi connectivity index (χ1) is 7.69. The van der Waals surface area contributed by atoms with Gasteiger partial charge in [0.1, 0.15) is 12.5 Å². The monoisotopic (exact) mass is 227 g/mol. The molecule has 1 amide bonds. The van der Waals surface area contributed by atoms with E-state index in [9.17, 15) is 14.4 Å². The first kappa shape index (κ1) is 12.8. The van der Waals surface area contributed by atoms with Crippen LogP contribution in [-0.2, 0) is 19.1 Å². The molecule has 2 unspecified atom stereocenters. The summed E-state index contributed by atoms with van der Waals surface area (Å²) < 4.78 is 5.21. The third-order valence-corrected chi connectivity index (χ3v) is 2.40. The molecule has 1 fully saturated rings. The predicted octanol–water partition coefficient (Wildman–Crippen LogP) is -1.15. The van der Waals surface area contributed by atoms with E-state index in [-0.39, 0.29) is 18.5 Å². The second-order valence-corrected chi connectivity index (χ2v) is 3.57. The van der Waals surface area contributed by atoms with Crippen molar-refractivity contribution in [3.63, 3.8) is 0 Å². The van der Waals surface area contributed by atoms with E-state index in [1.165, 1.54) is 6.92 Å². The molecule has 0 bridgehead atoms. The summed E-state index contributed by atoms with van der Waals surface area (Å²) in [5.74, 6) is -0.198. The zero-order valence-electron chi connectivity index (χ0n) is 9.14. The molecule has 1 heterocycles. The average Bonchev–Trinajstić information content (AvgIpc) is 2.26. The molecule has 1 aliphatic heterocycles. The molecule has 0 aromatic rings. The van der Waals surface area contributed by atoms with E-state index in [4.69, 9.17) is 4.74 Å². The molecule has 0 aliphatic carbocycles. The van der Waals surface area contributed by atoms with Gasteiger partial charge in [-0.25, -0.2) is 0 Å². The number of rotatable bonds is 5. The van der Waals surface area contributed by atoms with E-state index >= 15 is 0 Å². The minimum absolute atomic E-state index is 0.0829. The van der Waals surface area contributed by atoms with Gasteiger partial charge in [0.05, 0.1) is 19.3 Å². The quantitative estimate of drug-likeness (QED) is 0.600. The molecule has 6 nitrogen and oxygen atoms in total. The normalized spacial score (nSPS) is 23.4. The Morgan fingerprint density at radius 2 is 2.50 bits per heavy atom. The average molecular weight is 227 g/mol. The number of ether oxygens (including phenoxy) is 1. The second kappa shape index (κ2) is 6.34. The van der Waals surface area contributed by atoms with Crippen molar-refractivity contribution in [3.05, 3.63) is 0 Å². The number of nitrogens with zero attached hydrogens (tertiary/aromatic N) is 1. The van der Waals surface area contributed by atoms with Crippen LogP contribution >= 0.6 is 0 Å². The fourth-order valence-electron chi connectivity index (χ4n) is 1.69. The molecule has 1 radical (unpaired) electrons. The highest BCUT2D eigenvalue weighted by molar-refractivity contribution is 5.73. The first-order valence-electron chi connectivity index (χ1n) is 5.11. The van der Waals surface area contributed by atoms with Gasteiger partial charge in [0, 0.05) is 19.9 Å². The Labute approximate surface area is 93.9 Å². The maximum absolute atomic E-state index is 11.0. The summed E-state index contributed by atoms with van der Waals surface area (Å²) in [7, 11) is 0. The number of hydrogen-bond acceptors (Lipinski definition) is 5. The van der Waals surface area contributed by atoms with Gasteiger partial charge in [0.2, 0.25) is 12.2 Å². The molecule has 0 saturated carbocycles. The summed E-state index contributed by atoms with van der Waals surface area (Å²) in [6.07, 6.45) is 2.21. The second-order valence-electron chi connectivity index (χ2n) is 3.57. The van der Waals surface area contributed by atoms with Crippen LogP contribution in [-0.4, -0.2) is 55.3 Å². The Balaban J connectivity index is 2.67. The lowest BCUT2D eigenvalue weighted by Crippen LogP contribution is -2.58. The molecular formula is C10H15N2O4. The van der Waals surface area contributed by atoms with Crippen molar-refractivity contribution in [3.8, 4) is 0 Å². The fraction of sp³-hybridized carbons (Fsp3) is 0.700. The number of morpholine rings is 1. The molecule has 1 saturated heterocycles. The van der Waals surface area contributed by atoms with Crippen LogP contribution in [0.4, 0.5) is 0 Å². The van der Waals surface area contributed by atoms with Crippen molar-refractivity contribution in [1.29, 1.82) is 0 Å². The van der Waals surface area contributed by atoms with E-state index < -0.39 is 6.04 Å². The highest BCUT2D eigenvalue weighted by Gasteiger charge is 2.29. The van der Waals surface area contributed by atoms with Gasteiger partial charge in [-0.1, -0.05) is 0 Å². The lowest BCUT2D eigenvalue weighted by Gasteiger charge is -2.38. The van der Waals surface area contributed by atoms with E-state index in [1.807, 2.05) is 6.29 Å². The van der Waals surface area contributed by atoms with Gasteiger partial charge >= 0.3 is 0 Å². The van der Waals surface area contributed by atoms with Crippen LogP contribution in [0.1, 0.15) is 13.3 Å². The number of carbonyl (C=O) groups is 2. The zero-order valence-corrected chi connectivity index (χ0v) is 9.14. The summed E-state index contributed by atoms with van der Waals surface area (Å²) in [4.78, 5) is 33.9. The Morgan fingerprint density at radius 3 is 3.06 bits per heavy atom. The van der Waals surface area contributed by atoms with Crippen molar-refractivity contribution < 1.29 is 19.1 Å². The van der Waals surface area contributed by atoms with Crippen molar-refractivity contribution in [1.82, 2.24) is 10.2 Å². The highest BCUT2D eigenvalue weighted by Crippen LogP contribution is 2.10. The van der Waals surface area contributed by atoms with Crippen molar-refractivity contribution in [2.75, 3.05) is 19.8 Å². The first-order valence-corrected chi connectivity index (χ1v) is 5.11. The molecular weight excluding hydrogens is 212 g/mol. The number of amides is 1. The minimum Gasteiger partial charge on any atom is -0.377 e. The molecule has 0 spiro atoms. The van der Waals surface area contributed by atoms with Crippen molar-refractivity contribution in [2.45, 2.75) is 25.6 Å². The van der Waals surface area contributed by atoms with Gasteiger partial charge in [-0.05, 0) is 0 Å². The molecule has 1 aliphatic rings. The third kappa shape index (κ3) is 3.39. The molecule has 89 valence electrons. The molecule has 16 heavy (non-hydrogen) atoms. The van der Waals surface area contributed by atoms with E-state index in [0.717, 1.165) is 0 Å². The van der Waals surface area contributed by atoms with Gasteiger partial charge in [-0.2, -0.15) is 0 Å². The van der Waals surface area contributed by atoms with Gasteiger partial charge in [0.25, 0.3) is 0 Å². The maximum Gasteiger partial charge on any atom is 0.218 e. The van der Waals surface area contributed by atoms with Crippen molar-refractivity contribution in [2.24, 2.45) is 0 Å². The Kier molecular flexibility index (Phi) is 5.07. The van der Waals surface area contributed by atoms with Crippen LogP contribution in [0.3, 0.4) is 0 Å². The number of carbonyl (C=O) groups excluding carboxylic acids is 3. The summed E-state index contributed by atoms with van der Waals surface area (Å²) in [5, 5.41) is 2.67. The van der Waals surface area contributed by atoms with Gasteiger partial charge < -0.3 is 14.8 Å². The fourth-order valence-corrected chi connectivity index (χ4v) is 1.69. The lowest BCUT2D eigenvalue weighted by molar-refractivity contribution is -0.124. The Bertz CT molecular complexity index is 270. The standard InChI is InChI=1S/C10H15N2O4/c1-8(15)11-10-7-16-5-3-12(10)9(6-14)2-4-13/h4,9-10H,2-3,5,7H2,1H3,(H,11,15). The van der Waals surface area contributed by atoms with Crippen LogP contribution < -0.4 is 5.32 Å². The number of nitrogens with one attached hydrogen (secondary N) is 1. The molecule has 6 heteroatoms. The zero-order chi connectivity index (χ0) is 12.0. The van der Waals surface area contributed by atoms with Crippen LogP contribution in [0.5, 0.6) is 0 Å². The van der Waals surface area contributed by atoms with Crippen LogP contribution in [0.2, 0.25) is 0 Å². The lowest BCUT2D eigenvalue weighted by atomic mass is 10.2. The molecule has 1 N–H and O–H groups in total. The largest absolute Gasteiger partial charge is 0.377 e. The smallest absolute Gasteiger partial charge is 0.218 e. The van der Waals surface area contributed by atoms with E-state index in [2.05, 4.69) is 5.32 Å². The van der Waals surface area contributed by atoms with Gasteiger partial charge in [-0.15, -0.1) is 0 Å². The summed E-state index contributed by atoms with van der Waals surface area (Å²) >= 11 is 0. The predicted molar refractivity (Wildman–Crippen MR) is 55.3 cm³/mol. The summed E-state index contributed by atoms with van der Waals surface area (Å²) in [6, 6.07) is -0.613. The van der Waals surface area contributed by atoms with Crippen LogP contribution in [0, 0.1) is 0 Å². The summed E-state index contributed by atoms with van der Waals surface area (Å²) in [5.41, 5.74) is 0. The van der Waals surface area contributed by atoms with Crippen LogP contribution in [0.25, 0.3) is 0 Å². The van der Waals surface area contributed by atoms with E-state index in [0.29, 0.717) is 26.0 Å². The van der Waals surface area contributed by atoms with E-state index in [1.54, 1.807) is 4.90 Å². The SMILES string of the molecule is CC(=O)NC1COCCN1C([C]=O)CC=O. The molecule has 2 atom stereocenters. The molecule has 0 aromatic carbocycles. The van der Waals surface area contributed by atoms with Gasteiger partial charge in [0.15, 0.2) is 0 Å². The Morgan fingerprint density at radius 1 is 1.75 bits per heavy atom.